The second-order valence-corrected chi connectivity index (χ2v) is 7.36. The third-order valence-electron chi connectivity index (χ3n) is 5.51. The van der Waals surface area contributed by atoms with Gasteiger partial charge < -0.3 is 19.5 Å². The molecule has 29 heavy (non-hydrogen) atoms. The van der Waals surface area contributed by atoms with E-state index in [1.807, 2.05) is 23.1 Å². The van der Waals surface area contributed by atoms with Crippen LogP contribution in [0.4, 0.5) is 11.4 Å². The largest absolute Gasteiger partial charge is 0.467 e. The van der Waals surface area contributed by atoms with Gasteiger partial charge in [0.25, 0.3) is 5.91 Å². The van der Waals surface area contributed by atoms with E-state index in [1.54, 1.807) is 18.5 Å². The van der Waals surface area contributed by atoms with E-state index in [0.717, 1.165) is 24.5 Å². The maximum absolute atomic E-state index is 12.8. The number of aromatic nitrogens is 1. The van der Waals surface area contributed by atoms with Crippen LogP contribution in [0, 0.1) is 13.8 Å². The summed E-state index contributed by atoms with van der Waals surface area (Å²) in [7, 11) is 0. The highest BCUT2D eigenvalue weighted by molar-refractivity contribution is 5.92. The summed E-state index contributed by atoms with van der Waals surface area (Å²) in [4.78, 5) is 21.4. The summed E-state index contributed by atoms with van der Waals surface area (Å²) in [6, 6.07) is 13.8. The van der Waals surface area contributed by atoms with E-state index in [4.69, 9.17) is 4.42 Å². The Morgan fingerprint density at radius 1 is 1.07 bits per heavy atom. The van der Waals surface area contributed by atoms with E-state index < -0.39 is 0 Å². The summed E-state index contributed by atoms with van der Waals surface area (Å²) >= 11 is 0. The second-order valence-electron chi connectivity index (χ2n) is 7.36. The number of benzene rings is 1. The highest BCUT2D eigenvalue weighted by Crippen LogP contribution is 2.24. The maximum Gasteiger partial charge on any atom is 0.272 e. The van der Waals surface area contributed by atoms with Crippen molar-refractivity contribution in [1.82, 2.24) is 9.88 Å². The van der Waals surface area contributed by atoms with Gasteiger partial charge in [0.1, 0.15) is 11.5 Å². The summed E-state index contributed by atoms with van der Waals surface area (Å²) < 4.78 is 5.30. The lowest BCUT2D eigenvalue weighted by Crippen LogP contribution is -2.49. The lowest BCUT2D eigenvalue weighted by Gasteiger charge is -2.37. The molecular formula is C23H26N4O2. The van der Waals surface area contributed by atoms with Crippen molar-refractivity contribution in [2.24, 2.45) is 0 Å². The van der Waals surface area contributed by atoms with Crippen LogP contribution in [0.25, 0.3) is 0 Å². The molecule has 0 aliphatic carbocycles. The zero-order valence-electron chi connectivity index (χ0n) is 16.9. The molecule has 1 aliphatic heterocycles. The first-order valence-corrected chi connectivity index (χ1v) is 9.94. The summed E-state index contributed by atoms with van der Waals surface area (Å²) in [6.45, 7) is 7.95. The number of nitrogens with one attached hydrogen (secondary N) is 1. The average molecular weight is 390 g/mol. The monoisotopic (exact) mass is 390 g/mol. The van der Waals surface area contributed by atoms with Crippen molar-refractivity contribution in [3.05, 3.63) is 77.5 Å². The van der Waals surface area contributed by atoms with Crippen LogP contribution in [0.5, 0.6) is 0 Å². The molecule has 4 rings (SSSR count). The number of carbonyl (C=O) groups excluding carboxylic acids is 1. The van der Waals surface area contributed by atoms with Gasteiger partial charge >= 0.3 is 0 Å². The SMILES string of the molecule is Cc1cccc(N2CCN(C(=O)c3ccc(NCc4ccco4)cn3)CC2)c1C. The number of furan rings is 1. The van der Waals surface area contributed by atoms with Crippen molar-refractivity contribution in [3.8, 4) is 0 Å². The first-order valence-electron chi connectivity index (χ1n) is 9.94. The second kappa shape index (κ2) is 8.39. The molecule has 0 spiro atoms. The van der Waals surface area contributed by atoms with Gasteiger partial charge in [-0.1, -0.05) is 12.1 Å². The molecule has 150 valence electrons. The van der Waals surface area contributed by atoms with Crippen LogP contribution >= 0.6 is 0 Å². The number of hydrogen-bond acceptors (Lipinski definition) is 5. The van der Waals surface area contributed by atoms with Crippen molar-refractivity contribution in [1.29, 1.82) is 0 Å². The molecule has 1 saturated heterocycles. The molecule has 2 aromatic heterocycles. The normalized spacial score (nSPS) is 14.1. The van der Waals surface area contributed by atoms with Crippen LogP contribution in [-0.4, -0.2) is 42.0 Å². The summed E-state index contributed by atoms with van der Waals surface area (Å²) in [5.74, 6) is 0.843. The maximum atomic E-state index is 12.8. The van der Waals surface area contributed by atoms with Gasteiger partial charge in [-0.3, -0.25) is 4.79 Å². The minimum Gasteiger partial charge on any atom is -0.467 e. The molecule has 1 amide bonds. The van der Waals surface area contributed by atoms with Crippen LogP contribution in [0.15, 0.2) is 59.3 Å². The molecule has 3 heterocycles. The number of nitrogens with zero attached hydrogens (tertiary/aromatic N) is 3. The lowest BCUT2D eigenvalue weighted by atomic mass is 10.1. The van der Waals surface area contributed by atoms with E-state index in [1.165, 1.54) is 16.8 Å². The number of amides is 1. The van der Waals surface area contributed by atoms with E-state index in [0.29, 0.717) is 25.3 Å². The molecule has 6 nitrogen and oxygen atoms in total. The van der Waals surface area contributed by atoms with Gasteiger partial charge in [0.15, 0.2) is 0 Å². The van der Waals surface area contributed by atoms with Crippen molar-refractivity contribution in [2.75, 3.05) is 36.4 Å². The Morgan fingerprint density at radius 3 is 2.59 bits per heavy atom. The number of aryl methyl sites for hydroxylation is 1. The zero-order valence-corrected chi connectivity index (χ0v) is 16.9. The van der Waals surface area contributed by atoms with E-state index >= 15 is 0 Å². The zero-order chi connectivity index (χ0) is 20.2. The fourth-order valence-electron chi connectivity index (χ4n) is 3.62. The van der Waals surface area contributed by atoms with Crippen LogP contribution in [0.1, 0.15) is 27.4 Å². The average Bonchev–Trinajstić information content (AvgIpc) is 3.28. The van der Waals surface area contributed by atoms with Crippen molar-refractivity contribution >= 4 is 17.3 Å². The molecule has 0 unspecified atom stereocenters. The number of carbonyl (C=O) groups is 1. The summed E-state index contributed by atoms with van der Waals surface area (Å²) in [5.41, 5.74) is 5.21. The van der Waals surface area contributed by atoms with Crippen LogP contribution < -0.4 is 10.2 Å². The fourth-order valence-corrected chi connectivity index (χ4v) is 3.62. The molecule has 1 aromatic carbocycles. The first kappa shape index (κ1) is 19.1. The minimum atomic E-state index is -0.0109. The summed E-state index contributed by atoms with van der Waals surface area (Å²) in [5, 5.41) is 3.24. The highest BCUT2D eigenvalue weighted by Gasteiger charge is 2.23. The van der Waals surface area contributed by atoms with Crippen LogP contribution in [0.2, 0.25) is 0 Å². The van der Waals surface area contributed by atoms with Gasteiger partial charge in [-0.25, -0.2) is 4.98 Å². The quantitative estimate of drug-likeness (QED) is 0.717. The molecule has 6 heteroatoms. The van der Waals surface area contributed by atoms with Gasteiger partial charge in [0, 0.05) is 31.9 Å². The van der Waals surface area contributed by atoms with Gasteiger partial charge in [-0.2, -0.15) is 0 Å². The molecule has 0 atom stereocenters. The van der Waals surface area contributed by atoms with E-state index in [2.05, 4.69) is 47.2 Å². The Hall–Kier alpha value is -3.28. The predicted molar refractivity (Wildman–Crippen MR) is 114 cm³/mol. The van der Waals surface area contributed by atoms with Gasteiger partial charge in [-0.05, 0) is 55.3 Å². The first-order chi connectivity index (χ1) is 14.1. The molecule has 0 radical (unpaired) electrons. The van der Waals surface area contributed by atoms with Gasteiger partial charge in [-0.15, -0.1) is 0 Å². The highest BCUT2D eigenvalue weighted by atomic mass is 16.3. The van der Waals surface area contributed by atoms with Crippen LogP contribution in [0.3, 0.4) is 0 Å². The number of anilines is 2. The standard InChI is InChI=1S/C23H26N4O2/c1-17-5-3-7-22(18(17)2)26-10-12-27(13-11-26)23(28)21-9-8-19(15-25-21)24-16-20-6-4-14-29-20/h3-9,14-15,24H,10-13,16H2,1-2H3. The van der Waals surface area contributed by atoms with Crippen molar-refractivity contribution < 1.29 is 9.21 Å². The van der Waals surface area contributed by atoms with Gasteiger partial charge in [0.05, 0.1) is 24.7 Å². The van der Waals surface area contributed by atoms with Crippen molar-refractivity contribution in [3.63, 3.8) is 0 Å². The summed E-state index contributed by atoms with van der Waals surface area (Å²) in [6.07, 6.45) is 3.35. The Bertz CT molecular complexity index is 959. The van der Waals surface area contributed by atoms with Crippen LogP contribution in [-0.2, 0) is 6.54 Å². The number of hydrogen-bond donors (Lipinski definition) is 1. The number of piperazine rings is 1. The molecule has 1 N–H and O–H groups in total. The van der Waals surface area contributed by atoms with Crippen molar-refractivity contribution in [2.45, 2.75) is 20.4 Å². The Labute approximate surface area is 171 Å². The number of pyridine rings is 1. The minimum absolute atomic E-state index is 0.0109. The number of rotatable bonds is 5. The van der Waals surface area contributed by atoms with Gasteiger partial charge in [0.2, 0.25) is 0 Å². The molecule has 1 aliphatic rings. The smallest absolute Gasteiger partial charge is 0.272 e. The lowest BCUT2D eigenvalue weighted by molar-refractivity contribution is 0.0741. The topological polar surface area (TPSA) is 61.6 Å². The molecule has 1 fully saturated rings. The third-order valence-corrected chi connectivity index (χ3v) is 5.51. The molecule has 3 aromatic rings. The Morgan fingerprint density at radius 2 is 1.90 bits per heavy atom. The predicted octanol–water partition coefficient (Wildman–Crippen LogP) is 3.87. The Balaban J connectivity index is 1.34. The van der Waals surface area contributed by atoms with E-state index in [9.17, 15) is 4.79 Å². The molecular weight excluding hydrogens is 364 g/mol. The van der Waals surface area contributed by atoms with E-state index in [-0.39, 0.29) is 5.91 Å². The molecule has 0 bridgehead atoms. The third kappa shape index (κ3) is 4.26. The Kier molecular flexibility index (Phi) is 5.51. The fraction of sp³-hybridized carbons (Fsp3) is 0.304. The molecule has 0 saturated carbocycles.